The van der Waals surface area contributed by atoms with Gasteiger partial charge in [-0.05, 0) is 6.07 Å². The normalized spacial score (nSPS) is 9.57. The van der Waals surface area contributed by atoms with Gasteiger partial charge in [0.05, 0.1) is 5.02 Å². The summed E-state index contributed by atoms with van der Waals surface area (Å²) in [6.07, 6.45) is 0.407. The highest BCUT2D eigenvalue weighted by Crippen LogP contribution is 2.14. The number of carbonyl (C=O) groups excluding carboxylic acids is 1. The molecule has 1 N–H and O–H groups in total. The largest absolute Gasteiger partial charge is 0.317 e. The van der Waals surface area contributed by atoms with Crippen molar-refractivity contribution in [1.82, 2.24) is 5.32 Å². The zero-order valence-electron chi connectivity index (χ0n) is 7.71. The number of amides is 1. The van der Waals surface area contributed by atoms with Gasteiger partial charge in [-0.15, -0.1) is 0 Å². The molecule has 0 aromatic heterocycles. The molecule has 74 valence electrons. The van der Waals surface area contributed by atoms with Crippen LogP contribution in [0.1, 0.15) is 18.9 Å². The fourth-order valence-corrected chi connectivity index (χ4v) is 1.51. The Morgan fingerprint density at radius 1 is 1.50 bits per heavy atom. The van der Waals surface area contributed by atoms with E-state index in [0.29, 0.717) is 22.0 Å². The number of hydrogen-bond acceptors (Lipinski definition) is 2. The van der Waals surface area contributed by atoms with Crippen molar-refractivity contribution in [2.75, 3.05) is 0 Å². The van der Waals surface area contributed by atoms with E-state index in [2.05, 4.69) is 5.32 Å². The van der Waals surface area contributed by atoms with Gasteiger partial charge in [-0.25, -0.2) is 0 Å². The first-order valence-electron chi connectivity index (χ1n) is 4.24. The number of rotatable bonds is 2. The molecular formula is C10H10ClNOS. The Hall–Kier alpha value is -0.930. The first kappa shape index (κ1) is 11.1. The van der Waals surface area contributed by atoms with Gasteiger partial charge < -0.3 is 5.32 Å². The fraction of sp³-hybridized carbons (Fsp3) is 0.200. The molecule has 0 saturated heterocycles. The summed E-state index contributed by atoms with van der Waals surface area (Å²) in [4.78, 5) is 11.4. The summed E-state index contributed by atoms with van der Waals surface area (Å²) in [5.74, 6) is -0.102. The SMILES string of the molecule is CCC(=O)NC(=S)c1ccccc1Cl. The van der Waals surface area contributed by atoms with E-state index in [-0.39, 0.29) is 5.91 Å². The van der Waals surface area contributed by atoms with Gasteiger partial charge in [0.2, 0.25) is 5.91 Å². The molecule has 1 aromatic rings. The number of thiocarbonyl (C=S) groups is 1. The van der Waals surface area contributed by atoms with Crippen LogP contribution in [0.5, 0.6) is 0 Å². The lowest BCUT2D eigenvalue weighted by Gasteiger charge is -2.06. The number of hydrogen-bond donors (Lipinski definition) is 1. The molecule has 4 heteroatoms. The molecule has 1 rings (SSSR count). The summed E-state index contributed by atoms with van der Waals surface area (Å²) in [5.41, 5.74) is 0.686. The first-order chi connectivity index (χ1) is 6.65. The second-order valence-electron chi connectivity index (χ2n) is 2.71. The van der Waals surface area contributed by atoms with Gasteiger partial charge in [-0.2, -0.15) is 0 Å². The summed E-state index contributed by atoms with van der Waals surface area (Å²) >= 11 is 10.9. The molecular weight excluding hydrogens is 218 g/mol. The van der Waals surface area contributed by atoms with Crippen LogP contribution in [0.3, 0.4) is 0 Å². The smallest absolute Gasteiger partial charge is 0.224 e. The molecule has 0 aliphatic rings. The Morgan fingerprint density at radius 3 is 2.71 bits per heavy atom. The van der Waals surface area contributed by atoms with Crippen molar-refractivity contribution in [3.8, 4) is 0 Å². The van der Waals surface area contributed by atoms with E-state index < -0.39 is 0 Å². The molecule has 0 bridgehead atoms. The van der Waals surface area contributed by atoms with E-state index in [4.69, 9.17) is 23.8 Å². The van der Waals surface area contributed by atoms with E-state index in [0.717, 1.165) is 0 Å². The van der Waals surface area contributed by atoms with Crippen LogP contribution in [-0.4, -0.2) is 10.9 Å². The maximum atomic E-state index is 11.1. The van der Waals surface area contributed by atoms with Crippen molar-refractivity contribution in [2.24, 2.45) is 0 Å². The highest BCUT2D eigenvalue weighted by atomic mass is 35.5. The summed E-state index contributed by atoms with van der Waals surface area (Å²) < 4.78 is 0. The van der Waals surface area contributed by atoms with Crippen LogP contribution in [0.15, 0.2) is 24.3 Å². The maximum absolute atomic E-state index is 11.1. The zero-order chi connectivity index (χ0) is 10.6. The van der Waals surface area contributed by atoms with Crippen LogP contribution in [0, 0.1) is 0 Å². The van der Waals surface area contributed by atoms with Gasteiger partial charge >= 0.3 is 0 Å². The summed E-state index contributed by atoms with van der Waals surface area (Å²) in [7, 11) is 0. The molecule has 0 aliphatic carbocycles. The Balaban J connectivity index is 2.80. The zero-order valence-corrected chi connectivity index (χ0v) is 9.28. The summed E-state index contributed by atoms with van der Waals surface area (Å²) in [5, 5.41) is 3.14. The van der Waals surface area contributed by atoms with Crippen LogP contribution >= 0.6 is 23.8 Å². The predicted octanol–water partition coefficient (Wildman–Crippen LogP) is 2.54. The quantitative estimate of drug-likeness (QED) is 0.787. The first-order valence-corrected chi connectivity index (χ1v) is 5.02. The van der Waals surface area contributed by atoms with Gasteiger partial charge in [-0.1, -0.05) is 48.9 Å². The molecule has 1 aromatic carbocycles. The van der Waals surface area contributed by atoms with Crippen molar-refractivity contribution < 1.29 is 4.79 Å². The minimum absolute atomic E-state index is 0.102. The summed E-state index contributed by atoms with van der Waals surface area (Å²) in [6.45, 7) is 1.77. The highest BCUT2D eigenvalue weighted by molar-refractivity contribution is 7.80. The van der Waals surface area contributed by atoms with Crippen molar-refractivity contribution in [3.05, 3.63) is 34.9 Å². The third kappa shape index (κ3) is 2.79. The molecule has 0 heterocycles. The topological polar surface area (TPSA) is 29.1 Å². The number of carbonyl (C=O) groups is 1. The lowest BCUT2D eigenvalue weighted by Crippen LogP contribution is -2.28. The van der Waals surface area contributed by atoms with E-state index in [1.807, 2.05) is 12.1 Å². The van der Waals surface area contributed by atoms with Crippen molar-refractivity contribution in [2.45, 2.75) is 13.3 Å². The third-order valence-electron chi connectivity index (χ3n) is 1.69. The molecule has 0 fully saturated rings. The average molecular weight is 228 g/mol. The van der Waals surface area contributed by atoms with Crippen molar-refractivity contribution >= 4 is 34.7 Å². The number of halogens is 1. The maximum Gasteiger partial charge on any atom is 0.224 e. The predicted molar refractivity (Wildman–Crippen MR) is 61.6 cm³/mol. The Bertz CT molecular complexity index is 365. The molecule has 2 nitrogen and oxygen atoms in total. The van der Waals surface area contributed by atoms with Crippen LogP contribution in [0.4, 0.5) is 0 Å². The molecule has 0 unspecified atom stereocenters. The van der Waals surface area contributed by atoms with Crippen LogP contribution in [0.25, 0.3) is 0 Å². The minimum Gasteiger partial charge on any atom is -0.317 e. The van der Waals surface area contributed by atoms with Crippen LogP contribution < -0.4 is 5.32 Å². The average Bonchev–Trinajstić information content (AvgIpc) is 2.18. The minimum atomic E-state index is -0.102. The van der Waals surface area contributed by atoms with E-state index in [9.17, 15) is 4.79 Å². The second kappa shape index (κ2) is 5.08. The lowest BCUT2D eigenvalue weighted by molar-refractivity contribution is -0.119. The summed E-state index contributed by atoms with van der Waals surface area (Å²) in [6, 6.07) is 7.16. The van der Waals surface area contributed by atoms with Crippen molar-refractivity contribution in [1.29, 1.82) is 0 Å². The van der Waals surface area contributed by atoms with Crippen LogP contribution in [-0.2, 0) is 4.79 Å². The Labute approximate surface area is 93.3 Å². The van der Waals surface area contributed by atoms with Crippen LogP contribution in [0.2, 0.25) is 5.02 Å². The lowest BCUT2D eigenvalue weighted by atomic mass is 10.2. The number of benzene rings is 1. The molecule has 1 amide bonds. The Morgan fingerprint density at radius 2 is 2.14 bits per heavy atom. The van der Waals surface area contributed by atoms with Gasteiger partial charge in [0.1, 0.15) is 4.99 Å². The molecule has 0 aliphatic heterocycles. The van der Waals surface area contributed by atoms with Gasteiger partial charge in [0, 0.05) is 12.0 Å². The molecule has 0 spiro atoms. The van der Waals surface area contributed by atoms with Gasteiger partial charge in [-0.3, -0.25) is 4.79 Å². The van der Waals surface area contributed by atoms with E-state index >= 15 is 0 Å². The third-order valence-corrected chi connectivity index (χ3v) is 2.34. The fourth-order valence-electron chi connectivity index (χ4n) is 0.928. The van der Waals surface area contributed by atoms with Crippen molar-refractivity contribution in [3.63, 3.8) is 0 Å². The molecule has 0 saturated carbocycles. The van der Waals surface area contributed by atoms with E-state index in [1.54, 1.807) is 19.1 Å². The Kier molecular flexibility index (Phi) is 4.04. The van der Waals surface area contributed by atoms with Gasteiger partial charge in [0.25, 0.3) is 0 Å². The van der Waals surface area contributed by atoms with E-state index in [1.165, 1.54) is 0 Å². The molecule has 0 radical (unpaired) electrons. The number of nitrogens with one attached hydrogen (secondary N) is 1. The standard InChI is InChI=1S/C10H10ClNOS/c1-2-9(13)12-10(14)7-5-3-4-6-8(7)11/h3-6H,2H2,1H3,(H,12,13,14). The monoisotopic (exact) mass is 227 g/mol. The second-order valence-corrected chi connectivity index (χ2v) is 3.53. The molecule has 0 atom stereocenters. The highest BCUT2D eigenvalue weighted by Gasteiger charge is 2.07. The van der Waals surface area contributed by atoms with Gasteiger partial charge in [0.15, 0.2) is 0 Å². The molecule has 14 heavy (non-hydrogen) atoms.